The topological polar surface area (TPSA) is 62.0 Å². The van der Waals surface area contributed by atoms with Gasteiger partial charge in [-0.15, -0.1) is 0 Å². The second-order valence-electron chi connectivity index (χ2n) is 6.10. The van der Waals surface area contributed by atoms with Crippen LogP contribution in [0.1, 0.15) is 35.2 Å². The van der Waals surface area contributed by atoms with E-state index >= 15 is 0 Å². The Kier molecular flexibility index (Phi) is 4.93. The third-order valence-corrected chi connectivity index (χ3v) is 4.28. The molecule has 2 N–H and O–H groups in total. The lowest BCUT2D eigenvalue weighted by molar-refractivity contribution is 0.0951. The minimum atomic E-state index is -0.522. The Bertz CT molecular complexity index is 951. The molecule has 1 aromatic heterocycles. The molecule has 1 heterocycles. The molecular formula is C20H19FN2O2. The fraction of sp³-hybridized carbons (Fsp3) is 0.200. The predicted molar refractivity (Wildman–Crippen MR) is 96.3 cm³/mol. The summed E-state index contributed by atoms with van der Waals surface area (Å²) in [6.45, 7) is 2.56. The zero-order valence-corrected chi connectivity index (χ0v) is 13.9. The summed E-state index contributed by atoms with van der Waals surface area (Å²) in [5, 5.41) is 3.40. The first-order valence-corrected chi connectivity index (χ1v) is 8.20. The molecule has 1 unspecified atom stereocenters. The summed E-state index contributed by atoms with van der Waals surface area (Å²) in [6, 6.07) is 15.6. The van der Waals surface area contributed by atoms with Crippen LogP contribution in [0.2, 0.25) is 0 Å². The number of hydrogen-bond donors (Lipinski definition) is 2. The molecular weight excluding hydrogens is 319 g/mol. The SMILES string of the molecule is CC(CCNC(=O)c1cc2ccc(F)cc2[nH]c1=O)c1ccccc1. The zero-order chi connectivity index (χ0) is 17.8. The van der Waals surface area contributed by atoms with E-state index < -0.39 is 17.3 Å². The van der Waals surface area contributed by atoms with E-state index in [0.717, 1.165) is 6.42 Å². The van der Waals surface area contributed by atoms with Crippen molar-refractivity contribution in [2.45, 2.75) is 19.3 Å². The second kappa shape index (κ2) is 7.30. The van der Waals surface area contributed by atoms with Crippen LogP contribution in [0.3, 0.4) is 0 Å². The largest absolute Gasteiger partial charge is 0.352 e. The Labute approximate surface area is 144 Å². The predicted octanol–water partition coefficient (Wildman–Crippen LogP) is 3.59. The van der Waals surface area contributed by atoms with Gasteiger partial charge in [-0.3, -0.25) is 9.59 Å². The average molecular weight is 338 g/mol. The number of hydrogen-bond acceptors (Lipinski definition) is 2. The van der Waals surface area contributed by atoms with Gasteiger partial charge >= 0.3 is 0 Å². The first-order valence-electron chi connectivity index (χ1n) is 8.20. The molecule has 5 heteroatoms. The molecule has 0 fully saturated rings. The van der Waals surface area contributed by atoms with Gasteiger partial charge in [0.2, 0.25) is 0 Å². The number of amides is 1. The maximum atomic E-state index is 13.2. The Morgan fingerprint density at radius 1 is 1.16 bits per heavy atom. The van der Waals surface area contributed by atoms with Crippen LogP contribution < -0.4 is 10.9 Å². The van der Waals surface area contributed by atoms with E-state index in [0.29, 0.717) is 23.4 Å². The second-order valence-corrected chi connectivity index (χ2v) is 6.10. The van der Waals surface area contributed by atoms with Gasteiger partial charge in [-0.05, 0) is 47.6 Å². The van der Waals surface area contributed by atoms with Gasteiger partial charge in [-0.25, -0.2) is 4.39 Å². The molecule has 2 aromatic carbocycles. The third kappa shape index (κ3) is 3.94. The number of halogens is 1. The number of fused-ring (bicyclic) bond motifs is 1. The highest BCUT2D eigenvalue weighted by Crippen LogP contribution is 2.17. The van der Waals surface area contributed by atoms with E-state index in [-0.39, 0.29) is 5.56 Å². The smallest absolute Gasteiger partial charge is 0.261 e. The lowest BCUT2D eigenvalue weighted by Crippen LogP contribution is -2.30. The number of carbonyl (C=O) groups is 1. The van der Waals surface area contributed by atoms with Gasteiger partial charge in [0.05, 0.1) is 5.52 Å². The summed E-state index contributed by atoms with van der Waals surface area (Å²) in [6.07, 6.45) is 0.770. The van der Waals surface area contributed by atoms with Crippen molar-refractivity contribution in [1.29, 1.82) is 0 Å². The number of benzene rings is 2. The summed E-state index contributed by atoms with van der Waals surface area (Å²) in [5.74, 6) is -0.553. The van der Waals surface area contributed by atoms with Crippen molar-refractivity contribution in [3.8, 4) is 0 Å². The maximum Gasteiger partial charge on any atom is 0.261 e. The summed E-state index contributed by atoms with van der Waals surface area (Å²) in [5.41, 5.74) is 1.10. The molecule has 3 aromatic rings. The monoisotopic (exact) mass is 338 g/mol. The Balaban J connectivity index is 1.67. The summed E-state index contributed by atoms with van der Waals surface area (Å²) >= 11 is 0. The van der Waals surface area contributed by atoms with Gasteiger partial charge in [0.15, 0.2) is 0 Å². The van der Waals surface area contributed by atoms with Gasteiger partial charge < -0.3 is 10.3 Å². The van der Waals surface area contributed by atoms with E-state index in [9.17, 15) is 14.0 Å². The van der Waals surface area contributed by atoms with Gasteiger partial charge in [-0.2, -0.15) is 0 Å². The lowest BCUT2D eigenvalue weighted by atomic mass is 9.98. The van der Waals surface area contributed by atoms with Crippen molar-refractivity contribution in [1.82, 2.24) is 10.3 Å². The highest BCUT2D eigenvalue weighted by molar-refractivity contribution is 5.97. The Morgan fingerprint density at radius 2 is 1.92 bits per heavy atom. The summed E-state index contributed by atoms with van der Waals surface area (Å²) < 4.78 is 13.2. The minimum absolute atomic E-state index is 0.0338. The van der Waals surface area contributed by atoms with Crippen molar-refractivity contribution < 1.29 is 9.18 Å². The fourth-order valence-corrected chi connectivity index (χ4v) is 2.79. The molecule has 0 spiro atoms. The van der Waals surface area contributed by atoms with Crippen LogP contribution in [0.25, 0.3) is 10.9 Å². The number of carbonyl (C=O) groups excluding carboxylic acids is 1. The molecule has 128 valence electrons. The fourth-order valence-electron chi connectivity index (χ4n) is 2.79. The van der Waals surface area contributed by atoms with Gasteiger partial charge in [0, 0.05) is 6.54 Å². The molecule has 0 aliphatic carbocycles. The van der Waals surface area contributed by atoms with E-state index in [4.69, 9.17) is 0 Å². The molecule has 1 atom stereocenters. The number of pyridine rings is 1. The molecule has 0 aliphatic rings. The van der Waals surface area contributed by atoms with Crippen LogP contribution in [0, 0.1) is 5.82 Å². The van der Waals surface area contributed by atoms with Crippen molar-refractivity contribution in [2.24, 2.45) is 0 Å². The van der Waals surface area contributed by atoms with E-state index in [1.165, 1.54) is 29.8 Å². The van der Waals surface area contributed by atoms with Crippen LogP contribution in [0.15, 0.2) is 59.4 Å². The molecule has 0 saturated heterocycles. The van der Waals surface area contributed by atoms with Crippen molar-refractivity contribution >= 4 is 16.8 Å². The van der Waals surface area contributed by atoms with Crippen LogP contribution in [0.4, 0.5) is 4.39 Å². The first-order chi connectivity index (χ1) is 12.0. The Hall–Kier alpha value is -2.95. The standard InChI is InChI=1S/C20H19FN2O2/c1-13(14-5-3-2-4-6-14)9-10-22-19(24)17-11-15-7-8-16(21)12-18(15)23-20(17)25/h2-8,11-13H,9-10H2,1H3,(H,22,24)(H,23,25). The third-order valence-electron chi connectivity index (χ3n) is 4.28. The van der Waals surface area contributed by atoms with Crippen molar-refractivity contribution in [3.63, 3.8) is 0 Å². The number of nitrogens with one attached hydrogen (secondary N) is 2. The molecule has 0 aliphatic heterocycles. The minimum Gasteiger partial charge on any atom is -0.352 e. The molecule has 0 bridgehead atoms. The van der Waals surface area contributed by atoms with E-state index in [1.54, 1.807) is 0 Å². The Morgan fingerprint density at radius 3 is 2.68 bits per heavy atom. The summed E-state index contributed by atoms with van der Waals surface area (Å²) in [7, 11) is 0. The van der Waals surface area contributed by atoms with Crippen molar-refractivity contribution in [2.75, 3.05) is 6.54 Å². The first kappa shape index (κ1) is 16.9. The maximum absolute atomic E-state index is 13.2. The zero-order valence-electron chi connectivity index (χ0n) is 13.9. The number of aromatic nitrogens is 1. The van der Waals surface area contributed by atoms with Crippen LogP contribution >= 0.6 is 0 Å². The van der Waals surface area contributed by atoms with Gasteiger partial charge in [-0.1, -0.05) is 37.3 Å². The van der Waals surface area contributed by atoms with E-state index in [2.05, 4.69) is 29.4 Å². The van der Waals surface area contributed by atoms with Crippen molar-refractivity contribution in [3.05, 3.63) is 81.9 Å². The normalized spacial score (nSPS) is 12.1. The highest BCUT2D eigenvalue weighted by atomic mass is 19.1. The van der Waals surface area contributed by atoms with E-state index in [1.807, 2.05) is 18.2 Å². The molecule has 0 saturated carbocycles. The average Bonchev–Trinajstić information content (AvgIpc) is 2.61. The van der Waals surface area contributed by atoms with Crippen LogP contribution in [-0.2, 0) is 0 Å². The lowest BCUT2D eigenvalue weighted by Gasteiger charge is -2.12. The quantitative estimate of drug-likeness (QED) is 0.747. The summed E-state index contributed by atoms with van der Waals surface area (Å²) in [4.78, 5) is 26.9. The number of rotatable bonds is 5. The van der Waals surface area contributed by atoms with Gasteiger partial charge in [0.1, 0.15) is 11.4 Å². The highest BCUT2D eigenvalue weighted by Gasteiger charge is 2.13. The number of H-pyrrole nitrogens is 1. The molecule has 25 heavy (non-hydrogen) atoms. The molecule has 4 nitrogen and oxygen atoms in total. The van der Waals surface area contributed by atoms with Crippen LogP contribution in [-0.4, -0.2) is 17.4 Å². The van der Waals surface area contributed by atoms with Crippen LogP contribution in [0.5, 0.6) is 0 Å². The number of aromatic amines is 1. The molecule has 3 rings (SSSR count). The molecule has 1 amide bonds. The van der Waals surface area contributed by atoms with Gasteiger partial charge in [0.25, 0.3) is 11.5 Å². The molecule has 0 radical (unpaired) electrons.